The van der Waals surface area contributed by atoms with E-state index in [0.717, 1.165) is 0 Å². The molecule has 144 valence electrons. The zero-order chi connectivity index (χ0) is 19.9. The number of aliphatic carboxylic acids is 1. The molecule has 0 radical (unpaired) electrons. The van der Waals surface area contributed by atoms with E-state index in [9.17, 15) is 19.5 Å². The molecule has 1 amide bonds. The number of carbonyl (C=O) groups is 3. The molecule has 1 fully saturated rings. The number of carboxylic acids is 1. The molecule has 0 saturated carbocycles. The van der Waals surface area contributed by atoms with Crippen molar-refractivity contribution >= 4 is 33.4 Å². The summed E-state index contributed by atoms with van der Waals surface area (Å²) < 4.78 is 6.51. The standard InChI is InChI=1S/C17H25N3O5Se/c1-16(2,3)14-20(9-21)11(13(22)23)12(26-14)10-7-19(8-18-10)15(24)25-17(4,5)6/h7-9,11-12,14H,1-6H3,(H,22,23)/t11?,12?,14-/m0/s1. The van der Waals surface area contributed by atoms with Crippen LogP contribution in [0, 0.1) is 5.41 Å². The van der Waals surface area contributed by atoms with Crippen LogP contribution in [0.15, 0.2) is 12.5 Å². The summed E-state index contributed by atoms with van der Waals surface area (Å²) in [5, 5.41) is 9.68. The molecule has 2 heterocycles. The fourth-order valence-corrected chi connectivity index (χ4v) is 6.26. The fraction of sp³-hybridized carbons (Fsp3) is 0.647. The quantitative estimate of drug-likeness (QED) is 0.579. The minimum atomic E-state index is -1.07. The van der Waals surface area contributed by atoms with E-state index in [1.54, 1.807) is 20.8 Å². The van der Waals surface area contributed by atoms with E-state index in [0.29, 0.717) is 12.1 Å². The van der Waals surface area contributed by atoms with Crippen LogP contribution >= 0.6 is 0 Å². The summed E-state index contributed by atoms with van der Waals surface area (Å²) in [6, 6.07) is -0.987. The van der Waals surface area contributed by atoms with Crippen molar-refractivity contribution in [1.29, 1.82) is 0 Å². The van der Waals surface area contributed by atoms with Crippen LogP contribution in [-0.4, -0.2) is 69.6 Å². The van der Waals surface area contributed by atoms with Gasteiger partial charge in [-0.05, 0) is 0 Å². The molecule has 9 heteroatoms. The Kier molecular flexibility index (Phi) is 5.54. The summed E-state index contributed by atoms with van der Waals surface area (Å²) in [7, 11) is 0. The number of carboxylic acid groups (broad SMARTS) is 1. The van der Waals surface area contributed by atoms with Gasteiger partial charge >= 0.3 is 159 Å². The maximum atomic E-state index is 12.2. The normalized spacial score (nSPS) is 23.8. The van der Waals surface area contributed by atoms with E-state index in [2.05, 4.69) is 4.98 Å². The van der Waals surface area contributed by atoms with Crippen molar-refractivity contribution in [3.63, 3.8) is 0 Å². The minimum absolute atomic E-state index is 0.176. The van der Waals surface area contributed by atoms with Crippen LogP contribution in [0.1, 0.15) is 52.1 Å². The molecule has 1 N–H and O–H groups in total. The third kappa shape index (κ3) is 4.27. The van der Waals surface area contributed by atoms with Gasteiger partial charge in [-0.15, -0.1) is 0 Å². The van der Waals surface area contributed by atoms with E-state index in [4.69, 9.17) is 4.74 Å². The Morgan fingerprint density at radius 1 is 1.27 bits per heavy atom. The number of hydrogen-bond donors (Lipinski definition) is 1. The number of hydrogen-bond acceptors (Lipinski definition) is 5. The summed E-state index contributed by atoms with van der Waals surface area (Å²) in [5.74, 6) is -1.07. The van der Waals surface area contributed by atoms with Gasteiger partial charge in [0.2, 0.25) is 0 Å². The van der Waals surface area contributed by atoms with Crippen molar-refractivity contribution in [3.8, 4) is 0 Å². The van der Waals surface area contributed by atoms with E-state index >= 15 is 0 Å². The summed E-state index contributed by atoms with van der Waals surface area (Å²) in [6.07, 6.45) is 2.87. The maximum absolute atomic E-state index is 12.2. The van der Waals surface area contributed by atoms with Gasteiger partial charge < -0.3 is 0 Å². The average Bonchev–Trinajstić information content (AvgIpc) is 3.08. The van der Waals surface area contributed by atoms with E-state index in [1.807, 2.05) is 20.8 Å². The Balaban J connectivity index is 2.33. The predicted molar refractivity (Wildman–Crippen MR) is 94.9 cm³/mol. The van der Waals surface area contributed by atoms with Crippen molar-refractivity contribution in [3.05, 3.63) is 18.2 Å². The monoisotopic (exact) mass is 431 g/mol. The summed E-state index contributed by atoms with van der Waals surface area (Å²) in [4.78, 5) is 40.6. The summed E-state index contributed by atoms with van der Waals surface area (Å²) >= 11 is -0.213. The summed E-state index contributed by atoms with van der Waals surface area (Å²) in [6.45, 7) is 11.2. The topological polar surface area (TPSA) is 102 Å². The fourth-order valence-electron chi connectivity index (χ4n) is 2.75. The van der Waals surface area contributed by atoms with Crippen molar-refractivity contribution in [2.45, 2.75) is 62.9 Å². The van der Waals surface area contributed by atoms with Crippen LogP contribution in [0.3, 0.4) is 0 Å². The van der Waals surface area contributed by atoms with Crippen LogP contribution < -0.4 is 0 Å². The third-order valence-electron chi connectivity index (χ3n) is 3.77. The molecule has 1 aromatic heterocycles. The molecular weight excluding hydrogens is 405 g/mol. The van der Waals surface area contributed by atoms with Gasteiger partial charge in [-0.25, -0.2) is 0 Å². The molecular formula is C17H25N3O5Se. The second-order valence-electron chi connectivity index (χ2n) is 8.30. The van der Waals surface area contributed by atoms with Crippen molar-refractivity contribution in [2.75, 3.05) is 0 Å². The number of ether oxygens (including phenoxy) is 1. The molecule has 2 unspecified atom stereocenters. The Morgan fingerprint density at radius 3 is 2.35 bits per heavy atom. The zero-order valence-electron chi connectivity index (χ0n) is 15.8. The van der Waals surface area contributed by atoms with Gasteiger partial charge in [0.25, 0.3) is 0 Å². The molecule has 0 bridgehead atoms. The SMILES string of the molecule is CC(C)(C)OC(=O)n1cnc(C2[Se][C@@H](C(C)(C)C)N(C=O)C2C(=O)O)c1. The molecule has 1 saturated heterocycles. The number of imidazole rings is 1. The van der Waals surface area contributed by atoms with Crippen LogP contribution in [0.5, 0.6) is 0 Å². The Bertz CT molecular complexity index is 704. The molecule has 3 atom stereocenters. The van der Waals surface area contributed by atoms with Crippen LogP contribution in [0.2, 0.25) is 0 Å². The van der Waals surface area contributed by atoms with Gasteiger partial charge in [0.1, 0.15) is 0 Å². The van der Waals surface area contributed by atoms with Crippen molar-refractivity contribution < 1.29 is 24.2 Å². The van der Waals surface area contributed by atoms with E-state index in [1.165, 1.54) is 22.0 Å². The second-order valence-corrected chi connectivity index (χ2v) is 10.9. The van der Waals surface area contributed by atoms with Crippen LogP contribution in [-0.2, 0) is 14.3 Å². The summed E-state index contributed by atoms with van der Waals surface area (Å²) in [5.41, 5.74) is -0.410. The zero-order valence-corrected chi connectivity index (χ0v) is 17.5. The van der Waals surface area contributed by atoms with Gasteiger partial charge in [-0.1, -0.05) is 0 Å². The van der Waals surface area contributed by atoms with Gasteiger partial charge in [-0.2, -0.15) is 0 Å². The molecule has 1 aromatic rings. The second kappa shape index (κ2) is 7.04. The Morgan fingerprint density at radius 2 is 1.88 bits per heavy atom. The first-order chi connectivity index (χ1) is 11.8. The van der Waals surface area contributed by atoms with Crippen molar-refractivity contribution in [1.82, 2.24) is 14.5 Å². The molecule has 0 spiro atoms. The molecule has 0 aliphatic carbocycles. The molecule has 26 heavy (non-hydrogen) atoms. The first-order valence-corrected chi connectivity index (χ1v) is 10.2. The van der Waals surface area contributed by atoms with Gasteiger partial charge in [0.05, 0.1) is 0 Å². The predicted octanol–water partition coefficient (Wildman–Crippen LogP) is 1.71. The van der Waals surface area contributed by atoms with Gasteiger partial charge in [0, 0.05) is 0 Å². The molecule has 8 nitrogen and oxygen atoms in total. The number of nitrogens with zero attached hydrogens (tertiary/aromatic N) is 3. The average molecular weight is 430 g/mol. The molecule has 1 aliphatic heterocycles. The van der Waals surface area contributed by atoms with Crippen molar-refractivity contribution in [2.24, 2.45) is 5.41 Å². The van der Waals surface area contributed by atoms with Crippen LogP contribution in [0.25, 0.3) is 0 Å². The first-order valence-electron chi connectivity index (χ1n) is 8.23. The Hall–Kier alpha value is -1.86. The van der Waals surface area contributed by atoms with Crippen LogP contribution in [0.4, 0.5) is 4.79 Å². The Labute approximate surface area is 159 Å². The van der Waals surface area contributed by atoms with E-state index in [-0.39, 0.29) is 25.3 Å². The number of rotatable bonds is 3. The number of carbonyl (C=O) groups excluding carboxylic acids is 2. The van der Waals surface area contributed by atoms with E-state index < -0.39 is 28.5 Å². The first kappa shape index (κ1) is 20.5. The molecule has 2 rings (SSSR count). The van der Waals surface area contributed by atoms with Gasteiger partial charge in [-0.3, -0.25) is 0 Å². The van der Waals surface area contributed by atoms with Gasteiger partial charge in [0.15, 0.2) is 0 Å². The third-order valence-corrected chi connectivity index (χ3v) is 7.97. The number of aromatic nitrogens is 2. The molecule has 1 aliphatic rings. The molecule has 0 aromatic carbocycles. The number of amides is 1.